The minimum absolute atomic E-state index is 0.486. The van der Waals surface area contributed by atoms with Crippen molar-refractivity contribution in [3.05, 3.63) is 0 Å². The summed E-state index contributed by atoms with van der Waals surface area (Å²) in [4.78, 5) is 0. The van der Waals surface area contributed by atoms with E-state index in [0.29, 0.717) is 6.71 Å². The summed E-state index contributed by atoms with van der Waals surface area (Å²) in [6.45, 7) is 6.51. The lowest BCUT2D eigenvalue weighted by Crippen LogP contribution is -2.15. The first kappa shape index (κ1) is 6.73. The summed E-state index contributed by atoms with van der Waals surface area (Å²) in [5.74, 6) is 0. The van der Waals surface area contributed by atoms with Crippen LogP contribution in [0.2, 0.25) is 13.1 Å². The first-order chi connectivity index (χ1) is 3.18. The Kier molecular flexibility index (Phi) is 2.73. The summed E-state index contributed by atoms with van der Waals surface area (Å²) in [5, 5.41) is 7.10. The molecule has 7 heavy (non-hydrogen) atoms. The zero-order valence-electron chi connectivity index (χ0n) is 5.28. The molecular formula is C5H12BN. The molecule has 0 saturated heterocycles. The molecule has 1 N–H and O–H groups in total. The fourth-order valence-electron chi connectivity index (χ4n) is 0.306. The van der Waals surface area contributed by atoms with E-state index in [1.165, 1.54) is 0 Å². The van der Waals surface area contributed by atoms with Crippen molar-refractivity contribution in [1.29, 1.82) is 5.41 Å². The number of rotatable bonds is 2. The topological polar surface area (TPSA) is 23.9 Å². The van der Waals surface area contributed by atoms with Crippen molar-refractivity contribution in [2.75, 3.05) is 0 Å². The van der Waals surface area contributed by atoms with Crippen LogP contribution < -0.4 is 0 Å². The van der Waals surface area contributed by atoms with Crippen LogP contribution in [-0.4, -0.2) is 12.3 Å². The second kappa shape index (κ2) is 2.83. The van der Waals surface area contributed by atoms with Crippen molar-refractivity contribution >= 4 is 12.3 Å². The number of hydrogen-bond donors (Lipinski definition) is 1. The van der Waals surface area contributed by atoms with E-state index in [9.17, 15) is 0 Å². The molecule has 0 aromatic carbocycles. The van der Waals surface area contributed by atoms with Crippen LogP contribution in [0.3, 0.4) is 0 Å². The molecule has 0 aromatic rings. The maximum absolute atomic E-state index is 7.10. The lowest BCUT2D eigenvalue weighted by molar-refractivity contribution is 1.41. The molecule has 0 spiro atoms. The lowest BCUT2D eigenvalue weighted by Gasteiger charge is -1.97. The molecule has 0 aliphatic carbocycles. The molecule has 0 aliphatic heterocycles. The van der Waals surface area contributed by atoms with Gasteiger partial charge in [-0.25, -0.2) is 0 Å². The minimum atomic E-state index is 0.486. The van der Waals surface area contributed by atoms with E-state index in [0.717, 1.165) is 11.9 Å². The van der Waals surface area contributed by atoms with Gasteiger partial charge in [-0.2, -0.15) is 0 Å². The van der Waals surface area contributed by atoms with Gasteiger partial charge in [-0.15, -0.1) is 0 Å². The van der Waals surface area contributed by atoms with Gasteiger partial charge in [0.25, 0.3) is 0 Å². The molecule has 0 aliphatic rings. The van der Waals surface area contributed by atoms with Crippen molar-refractivity contribution in [2.45, 2.75) is 27.0 Å². The molecule has 1 nitrogen and oxygen atoms in total. The van der Waals surface area contributed by atoms with E-state index in [-0.39, 0.29) is 0 Å². The van der Waals surface area contributed by atoms with Crippen molar-refractivity contribution in [1.82, 2.24) is 0 Å². The van der Waals surface area contributed by atoms with Gasteiger partial charge in [-0.3, -0.25) is 0 Å². The molecule has 0 heterocycles. The molecule has 0 unspecified atom stereocenters. The van der Waals surface area contributed by atoms with Gasteiger partial charge >= 0.3 is 0 Å². The summed E-state index contributed by atoms with van der Waals surface area (Å²) in [5.41, 5.74) is 0.794. The van der Waals surface area contributed by atoms with E-state index in [4.69, 9.17) is 5.41 Å². The van der Waals surface area contributed by atoms with E-state index in [1.807, 2.05) is 6.92 Å². The Morgan fingerprint density at radius 1 is 1.71 bits per heavy atom. The van der Waals surface area contributed by atoms with E-state index >= 15 is 0 Å². The molecule has 0 saturated carbocycles. The van der Waals surface area contributed by atoms with Crippen molar-refractivity contribution in [2.24, 2.45) is 0 Å². The van der Waals surface area contributed by atoms with Crippen LogP contribution in [0.4, 0.5) is 0 Å². The number of nitrogens with one attached hydrogen (secondary N) is 1. The predicted molar refractivity (Wildman–Crippen MR) is 35.5 cm³/mol. The monoisotopic (exact) mass is 97.1 g/mol. The normalized spacial score (nSPS) is 8.43. The highest BCUT2D eigenvalue weighted by molar-refractivity contribution is 6.89. The Morgan fingerprint density at radius 2 is 2.14 bits per heavy atom. The van der Waals surface area contributed by atoms with Crippen molar-refractivity contribution < 1.29 is 0 Å². The van der Waals surface area contributed by atoms with Crippen LogP contribution in [0.15, 0.2) is 0 Å². The van der Waals surface area contributed by atoms with Gasteiger partial charge in [0, 0.05) is 0 Å². The van der Waals surface area contributed by atoms with Crippen LogP contribution in [0, 0.1) is 5.41 Å². The van der Waals surface area contributed by atoms with Crippen molar-refractivity contribution in [3.63, 3.8) is 0 Å². The van der Waals surface area contributed by atoms with Crippen molar-refractivity contribution in [3.8, 4) is 0 Å². The molecule has 40 valence electrons. The van der Waals surface area contributed by atoms with Gasteiger partial charge < -0.3 is 5.41 Å². The molecular weight excluding hydrogens is 84.9 g/mol. The van der Waals surface area contributed by atoms with Crippen LogP contribution >= 0.6 is 0 Å². The average molecular weight is 97.0 g/mol. The Bertz CT molecular complexity index is 70.5. The molecule has 0 fully saturated rings. The summed E-state index contributed by atoms with van der Waals surface area (Å²) in [6.07, 6.45) is 1.09. The summed E-state index contributed by atoms with van der Waals surface area (Å²) < 4.78 is 0. The fraction of sp³-hybridized carbons (Fsp3) is 0.800. The highest BCUT2D eigenvalue weighted by Gasteiger charge is 2.03. The lowest BCUT2D eigenvalue weighted by atomic mass is 9.47. The Hall–Kier alpha value is -0.265. The van der Waals surface area contributed by atoms with Gasteiger partial charge in [0.05, 0.1) is 0 Å². The zero-order valence-corrected chi connectivity index (χ0v) is 5.28. The second-order valence-electron chi connectivity index (χ2n) is 1.99. The second-order valence-corrected chi connectivity index (χ2v) is 1.99. The largest absolute Gasteiger partial charge is 0.320 e. The van der Waals surface area contributed by atoms with Crippen LogP contribution in [0.5, 0.6) is 0 Å². The molecule has 0 amide bonds. The molecule has 0 rings (SSSR count). The van der Waals surface area contributed by atoms with Crippen LogP contribution in [-0.2, 0) is 0 Å². The minimum Gasteiger partial charge on any atom is -0.320 e. The molecule has 0 radical (unpaired) electrons. The third-order valence-electron chi connectivity index (χ3n) is 1.35. The van der Waals surface area contributed by atoms with Gasteiger partial charge in [-0.1, -0.05) is 20.1 Å². The SMILES string of the molecule is CCB(C)C(C)=N. The molecule has 0 aromatic heterocycles. The maximum atomic E-state index is 7.10. The van der Waals surface area contributed by atoms with Crippen LogP contribution in [0.1, 0.15) is 13.8 Å². The van der Waals surface area contributed by atoms with E-state index < -0.39 is 0 Å². The number of hydrogen-bond acceptors (Lipinski definition) is 1. The van der Waals surface area contributed by atoms with Gasteiger partial charge in [0.2, 0.25) is 0 Å². The maximum Gasteiger partial charge on any atom is 0.190 e. The van der Waals surface area contributed by atoms with Gasteiger partial charge in [-0.05, 0) is 12.5 Å². The smallest absolute Gasteiger partial charge is 0.190 e. The quantitative estimate of drug-likeness (QED) is 0.400. The fourth-order valence-corrected chi connectivity index (χ4v) is 0.306. The van der Waals surface area contributed by atoms with Gasteiger partial charge in [0.15, 0.2) is 6.71 Å². The third kappa shape index (κ3) is 2.43. The van der Waals surface area contributed by atoms with Crippen LogP contribution in [0.25, 0.3) is 0 Å². The predicted octanol–water partition coefficient (Wildman–Crippen LogP) is 1.71. The first-order valence-corrected chi connectivity index (χ1v) is 2.73. The molecule has 2 heteroatoms. The third-order valence-corrected chi connectivity index (χ3v) is 1.35. The Balaban J connectivity index is 3.34. The summed E-state index contributed by atoms with van der Waals surface area (Å²) >= 11 is 0. The average Bonchev–Trinajstić information content (AvgIpc) is 1.65. The standard InChI is InChI=1S/C5H12BN/c1-4-6(3)5(2)7/h7H,4H2,1-3H3. The highest BCUT2D eigenvalue weighted by Crippen LogP contribution is 1.89. The summed E-state index contributed by atoms with van der Waals surface area (Å²) in [7, 11) is 0. The zero-order chi connectivity index (χ0) is 5.86. The summed E-state index contributed by atoms with van der Waals surface area (Å²) in [6, 6.07) is 0. The Morgan fingerprint density at radius 3 is 2.14 bits per heavy atom. The molecule has 0 bridgehead atoms. The van der Waals surface area contributed by atoms with E-state index in [1.54, 1.807) is 0 Å². The van der Waals surface area contributed by atoms with E-state index in [2.05, 4.69) is 13.7 Å². The highest BCUT2D eigenvalue weighted by atomic mass is 14.3. The first-order valence-electron chi connectivity index (χ1n) is 2.73. The van der Waals surface area contributed by atoms with Gasteiger partial charge in [0.1, 0.15) is 0 Å². The molecule has 0 atom stereocenters. The Labute approximate surface area is 45.7 Å².